The Kier molecular flexibility index (Phi) is 5.26. The molecule has 0 fully saturated rings. The number of hydrogen-bond donors (Lipinski definition) is 0. The maximum Gasteiger partial charge on any atom is 0.238 e. The molecule has 0 amide bonds. The van der Waals surface area contributed by atoms with Crippen molar-refractivity contribution in [1.29, 1.82) is 0 Å². The van der Waals surface area contributed by atoms with Gasteiger partial charge in [-0.05, 0) is 49.1 Å². The molecule has 0 bridgehead atoms. The molecule has 2 aromatic carbocycles. The Bertz CT molecular complexity index is 543. The largest absolute Gasteiger partial charge is 0.455 e. The zero-order chi connectivity index (χ0) is 15.2. The van der Waals surface area contributed by atoms with Crippen molar-refractivity contribution in [2.45, 2.75) is 46.3 Å². The molecule has 0 aliphatic rings. The van der Waals surface area contributed by atoms with Crippen LogP contribution in [-0.4, -0.2) is 6.29 Å². The molecule has 0 saturated carbocycles. The third kappa shape index (κ3) is 4.52. The Morgan fingerprint density at radius 2 is 1.29 bits per heavy atom. The van der Waals surface area contributed by atoms with Crippen molar-refractivity contribution in [2.75, 3.05) is 0 Å². The van der Waals surface area contributed by atoms with Gasteiger partial charge in [-0.1, -0.05) is 43.7 Å². The number of aryl methyl sites for hydroxylation is 1. The van der Waals surface area contributed by atoms with E-state index in [0.29, 0.717) is 5.92 Å². The molecule has 2 heteroatoms. The van der Waals surface area contributed by atoms with E-state index >= 15 is 0 Å². The first-order valence-corrected chi connectivity index (χ1v) is 7.58. The topological polar surface area (TPSA) is 18.5 Å². The lowest BCUT2D eigenvalue weighted by Gasteiger charge is -2.17. The molecule has 0 aliphatic heterocycles. The van der Waals surface area contributed by atoms with Gasteiger partial charge in [0.2, 0.25) is 6.29 Å². The van der Waals surface area contributed by atoms with E-state index < -0.39 is 0 Å². The van der Waals surface area contributed by atoms with Crippen LogP contribution in [0.5, 0.6) is 11.5 Å². The maximum atomic E-state index is 5.79. The Labute approximate surface area is 127 Å². The summed E-state index contributed by atoms with van der Waals surface area (Å²) in [6.07, 6.45) is 0.829. The zero-order valence-corrected chi connectivity index (χ0v) is 13.3. The van der Waals surface area contributed by atoms with Gasteiger partial charge in [-0.15, -0.1) is 0 Å². The van der Waals surface area contributed by atoms with Crippen LogP contribution >= 0.6 is 0 Å². The second-order valence-corrected chi connectivity index (χ2v) is 5.49. The van der Waals surface area contributed by atoms with E-state index in [2.05, 4.69) is 32.9 Å². The smallest absolute Gasteiger partial charge is 0.238 e. The first kappa shape index (κ1) is 15.4. The van der Waals surface area contributed by atoms with Crippen molar-refractivity contribution in [1.82, 2.24) is 0 Å². The van der Waals surface area contributed by atoms with E-state index in [4.69, 9.17) is 9.47 Å². The molecule has 2 unspecified atom stereocenters. The Morgan fingerprint density at radius 1 is 0.810 bits per heavy atom. The minimum absolute atomic E-state index is 0.317. The summed E-state index contributed by atoms with van der Waals surface area (Å²) in [5.41, 5.74) is 2.56. The van der Waals surface area contributed by atoms with Gasteiger partial charge in [0.25, 0.3) is 0 Å². The summed E-state index contributed by atoms with van der Waals surface area (Å²) in [7, 11) is 0. The highest BCUT2D eigenvalue weighted by molar-refractivity contribution is 5.29. The first-order chi connectivity index (χ1) is 10.1. The molecule has 2 rings (SSSR count). The lowest BCUT2D eigenvalue weighted by atomic mass is 9.99. The highest BCUT2D eigenvalue weighted by atomic mass is 16.7. The monoisotopic (exact) mass is 284 g/mol. The molecule has 2 atom stereocenters. The number of benzene rings is 2. The second-order valence-electron chi connectivity index (χ2n) is 5.49. The number of rotatable bonds is 6. The van der Waals surface area contributed by atoms with Gasteiger partial charge in [-0.2, -0.15) is 0 Å². The van der Waals surface area contributed by atoms with Crippen LogP contribution < -0.4 is 9.47 Å². The molecular formula is C19H24O2. The Hall–Kier alpha value is -1.96. The van der Waals surface area contributed by atoms with Crippen LogP contribution in [0.1, 0.15) is 44.2 Å². The van der Waals surface area contributed by atoms with Crippen LogP contribution in [0.25, 0.3) is 0 Å². The van der Waals surface area contributed by atoms with Crippen LogP contribution in [0.4, 0.5) is 0 Å². The van der Waals surface area contributed by atoms with Crippen molar-refractivity contribution < 1.29 is 9.47 Å². The van der Waals surface area contributed by atoms with Crippen molar-refractivity contribution in [3.63, 3.8) is 0 Å². The van der Waals surface area contributed by atoms with Crippen molar-refractivity contribution in [3.05, 3.63) is 59.7 Å². The average Bonchev–Trinajstić information content (AvgIpc) is 2.49. The summed E-state index contributed by atoms with van der Waals surface area (Å²) in [5.74, 6) is 2.24. The maximum absolute atomic E-state index is 5.79. The van der Waals surface area contributed by atoms with Gasteiger partial charge >= 0.3 is 0 Å². The lowest BCUT2D eigenvalue weighted by Crippen LogP contribution is -2.19. The third-order valence-corrected chi connectivity index (χ3v) is 3.69. The second kappa shape index (κ2) is 7.16. The van der Waals surface area contributed by atoms with Gasteiger partial charge in [0, 0.05) is 6.92 Å². The van der Waals surface area contributed by atoms with Gasteiger partial charge in [0.05, 0.1) is 0 Å². The van der Waals surface area contributed by atoms with Gasteiger partial charge in [-0.3, -0.25) is 0 Å². The van der Waals surface area contributed by atoms with E-state index in [-0.39, 0.29) is 6.29 Å². The van der Waals surface area contributed by atoms with Crippen molar-refractivity contribution >= 4 is 0 Å². The summed E-state index contributed by atoms with van der Waals surface area (Å²) in [5, 5.41) is 0. The average molecular weight is 284 g/mol. The van der Waals surface area contributed by atoms with Gasteiger partial charge in [0.1, 0.15) is 11.5 Å². The molecule has 0 saturated heterocycles. The Balaban J connectivity index is 1.93. The van der Waals surface area contributed by atoms with E-state index in [1.165, 1.54) is 11.1 Å². The third-order valence-electron chi connectivity index (χ3n) is 3.69. The van der Waals surface area contributed by atoms with Gasteiger partial charge < -0.3 is 9.47 Å². The molecule has 112 valence electrons. The highest BCUT2D eigenvalue weighted by Gasteiger charge is 2.07. The number of ether oxygens (including phenoxy) is 2. The van der Waals surface area contributed by atoms with Crippen LogP contribution in [-0.2, 0) is 0 Å². The molecule has 0 radical (unpaired) electrons. The van der Waals surface area contributed by atoms with Gasteiger partial charge in [-0.25, -0.2) is 0 Å². The molecule has 0 aliphatic carbocycles. The molecule has 0 aromatic heterocycles. The molecular weight excluding hydrogens is 260 g/mol. The molecule has 0 spiro atoms. The molecule has 21 heavy (non-hydrogen) atoms. The predicted molar refractivity (Wildman–Crippen MR) is 87.0 cm³/mol. The normalized spacial score (nSPS) is 13.5. The summed E-state index contributed by atoms with van der Waals surface area (Å²) in [6, 6.07) is 16.3. The van der Waals surface area contributed by atoms with Crippen molar-refractivity contribution in [3.8, 4) is 11.5 Å². The first-order valence-electron chi connectivity index (χ1n) is 7.58. The van der Waals surface area contributed by atoms with Crippen LogP contribution in [0.3, 0.4) is 0 Å². The van der Waals surface area contributed by atoms with Crippen LogP contribution in [0.15, 0.2) is 48.5 Å². The van der Waals surface area contributed by atoms with E-state index in [1.54, 1.807) is 0 Å². The van der Waals surface area contributed by atoms with Gasteiger partial charge in [0.15, 0.2) is 0 Å². The summed E-state index contributed by atoms with van der Waals surface area (Å²) >= 11 is 0. The quantitative estimate of drug-likeness (QED) is 0.669. The summed E-state index contributed by atoms with van der Waals surface area (Å²) < 4.78 is 11.5. The van der Waals surface area contributed by atoms with Crippen LogP contribution in [0.2, 0.25) is 0 Å². The van der Waals surface area contributed by atoms with E-state index in [1.807, 2.05) is 43.3 Å². The minimum atomic E-state index is -0.317. The lowest BCUT2D eigenvalue weighted by molar-refractivity contribution is 0.0223. The number of hydrogen-bond acceptors (Lipinski definition) is 2. The highest BCUT2D eigenvalue weighted by Crippen LogP contribution is 2.22. The SMILES string of the molecule is CCC(C)c1ccc(OC(C)Oc2ccc(C)cc2)cc1. The zero-order valence-electron chi connectivity index (χ0n) is 13.3. The Morgan fingerprint density at radius 3 is 1.76 bits per heavy atom. The summed E-state index contributed by atoms with van der Waals surface area (Å²) in [6.45, 7) is 8.40. The fourth-order valence-electron chi connectivity index (χ4n) is 2.13. The molecule has 2 aromatic rings. The fourth-order valence-corrected chi connectivity index (χ4v) is 2.13. The van der Waals surface area contributed by atoms with E-state index in [9.17, 15) is 0 Å². The predicted octanol–water partition coefficient (Wildman–Crippen LogP) is 5.31. The van der Waals surface area contributed by atoms with E-state index in [0.717, 1.165) is 17.9 Å². The van der Waals surface area contributed by atoms with Crippen LogP contribution in [0, 0.1) is 6.92 Å². The summed E-state index contributed by atoms with van der Waals surface area (Å²) in [4.78, 5) is 0. The molecule has 0 N–H and O–H groups in total. The molecule has 2 nitrogen and oxygen atoms in total. The van der Waals surface area contributed by atoms with Crippen molar-refractivity contribution in [2.24, 2.45) is 0 Å². The standard InChI is InChI=1S/C19H24O2/c1-5-15(3)17-8-12-19(13-9-17)21-16(4)20-18-10-6-14(2)7-11-18/h6-13,15-16H,5H2,1-4H3. The molecule has 0 heterocycles. The minimum Gasteiger partial charge on any atom is -0.455 e. The fraction of sp³-hybridized carbons (Fsp3) is 0.368.